The molecule has 2 saturated heterocycles. The van der Waals surface area contributed by atoms with E-state index in [0.29, 0.717) is 16.7 Å². The maximum atomic E-state index is 12.9. The lowest BCUT2D eigenvalue weighted by Crippen LogP contribution is -2.45. The van der Waals surface area contributed by atoms with E-state index in [1.54, 1.807) is 12.1 Å². The molecule has 0 unspecified atom stereocenters. The van der Waals surface area contributed by atoms with Gasteiger partial charge in [0.15, 0.2) is 0 Å². The van der Waals surface area contributed by atoms with Gasteiger partial charge in [-0.15, -0.1) is 0 Å². The van der Waals surface area contributed by atoms with E-state index in [-0.39, 0.29) is 11.9 Å². The molecule has 0 spiro atoms. The lowest BCUT2D eigenvalue weighted by Gasteiger charge is -2.35. The van der Waals surface area contributed by atoms with Crippen LogP contribution in [0, 0.1) is 0 Å². The Morgan fingerprint density at radius 3 is 2.19 bits per heavy atom. The number of phenols is 1. The van der Waals surface area contributed by atoms with E-state index in [2.05, 4.69) is 4.90 Å². The van der Waals surface area contributed by atoms with Crippen LogP contribution in [0.5, 0.6) is 5.75 Å². The van der Waals surface area contributed by atoms with Crippen molar-refractivity contribution in [2.45, 2.75) is 31.2 Å². The summed E-state index contributed by atoms with van der Waals surface area (Å²) in [7, 11) is 0. The van der Waals surface area contributed by atoms with Gasteiger partial charge in [-0.3, -0.25) is 9.69 Å². The zero-order valence-electron chi connectivity index (χ0n) is 14.6. The SMILES string of the molecule is O=C1[C@H](N2CCC(c3ccc(O)cc3)CC2)CCN1c1ccc(Cl)cc1. The van der Waals surface area contributed by atoms with Gasteiger partial charge >= 0.3 is 0 Å². The van der Waals surface area contributed by atoms with Crippen molar-refractivity contribution in [3.05, 3.63) is 59.1 Å². The number of amides is 1. The lowest BCUT2D eigenvalue weighted by molar-refractivity contribution is -0.122. The zero-order valence-corrected chi connectivity index (χ0v) is 15.4. The minimum atomic E-state index is -0.00792. The number of hydrogen-bond donors (Lipinski definition) is 1. The molecule has 1 atom stereocenters. The number of halogens is 1. The molecule has 26 heavy (non-hydrogen) atoms. The third kappa shape index (κ3) is 3.44. The molecule has 0 aliphatic carbocycles. The van der Waals surface area contributed by atoms with Gasteiger partial charge in [0.05, 0.1) is 6.04 Å². The van der Waals surface area contributed by atoms with Crippen molar-refractivity contribution in [1.29, 1.82) is 0 Å². The fourth-order valence-electron chi connectivity index (χ4n) is 4.17. The van der Waals surface area contributed by atoms with E-state index in [1.165, 1.54) is 5.56 Å². The van der Waals surface area contributed by atoms with Crippen molar-refractivity contribution in [1.82, 2.24) is 4.90 Å². The predicted octanol–water partition coefficient (Wildman–Crippen LogP) is 4.03. The molecular weight excluding hydrogens is 348 g/mol. The normalized spacial score (nSPS) is 22.1. The molecule has 2 fully saturated rings. The quantitative estimate of drug-likeness (QED) is 0.887. The summed E-state index contributed by atoms with van der Waals surface area (Å²) < 4.78 is 0. The molecule has 2 aliphatic heterocycles. The minimum Gasteiger partial charge on any atom is -0.508 e. The van der Waals surface area contributed by atoms with Crippen molar-refractivity contribution < 1.29 is 9.90 Å². The first-order valence-electron chi connectivity index (χ1n) is 9.22. The van der Waals surface area contributed by atoms with E-state index in [9.17, 15) is 9.90 Å². The Morgan fingerprint density at radius 2 is 1.54 bits per heavy atom. The van der Waals surface area contributed by atoms with Gasteiger partial charge in [0.25, 0.3) is 0 Å². The Kier molecular flexibility index (Phi) is 4.88. The van der Waals surface area contributed by atoms with E-state index in [4.69, 9.17) is 11.6 Å². The lowest BCUT2D eigenvalue weighted by atomic mass is 9.89. The summed E-state index contributed by atoms with van der Waals surface area (Å²) in [5.74, 6) is 1.02. The number of piperidine rings is 1. The monoisotopic (exact) mass is 370 g/mol. The fourth-order valence-corrected chi connectivity index (χ4v) is 4.30. The van der Waals surface area contributed by atoms with Crippen LogP contribution in [0.2, 0.25) is 5.02 Å². The topological polar surface area (TPSA) is 43.8 Å². The summed E-state index contributed by atoms with van der Waals surface area (Å²) in [6.45, 7) is 2.65. The number of likely N-dealkylation sites (tertiary alicyclic amines) is 1. The highest BCUT2D eigenvalue weighted by Gasteiger charge is 2.38. The second kappa shape index (κ2) is 7.29. The molecule has 0 radical (unpaired) electrons. The number of rotatable bonds is 3. The van der Waals surface area contributed by atoms with Crippen molar-refractivity contribution >= 4 is 23.2 Å². The molecule has 0 aromatic heterocycles. The van der Waals surface area contributed by atoms with E-state index < -0.39 is 0 Å². The summed E-state index contributed by atoms with van der Waals surface area (Å²) in [6, 6.07) is 15.0. The number of benzene rings is 2. The van der Waals surface area contributed by atoms with Crippen LogP contribution in [0.3, 0.4) is 0 Å². The molecular formula is C21H23ClN2O2. The third-order valence-corrected chi connectivity index (χ3v) is 5.90. The van der Waals surface area contributed by atoms with Crippen LogP contribution in [0.4, 0.5) is 5.69 Å². The molecule has 2 heterocycles. The van der Waals surface area contributed by atoms with Gasteiger partial charge in [0.2, 0.25) is 5.91 Å². The Hall–Kier alpha value is -2.04. The second-order valence-electron chi connectivity index (χ2n) is 7.17. The van der Waals surface area contributed by atoms with Crippen LogP contribution in [-0.4, -0.2) is 41.6 Å². The van der Waals surface area contributed by atoms with Crippen LogP contribution in [0.25, 0.3) is 0 Å². The summed E-state index contributed by atoms with van der Waals surface area (Å²) >= 11 is 5.95. The Morgan fingerprint density at radius 1 is 0.885 bits per heavy atom. The smallest absolute Gasteiger partial charge is 0.244 e. The molecule has 136 valence electrons. The highest BCUT2D eigenvalue weighted by atomic mass is 35.5. The molecule has 5 heteroatoms. The molecule has 1 amide bonds. The Labute approximate surface area is 159 Å². The highest BCUT2D eigenvalue weighted by Crippen LogP contribution is 2.32. The van der Waals surface area contributed by atoms with Crippen molar-refractivity contribution in [2.24, 2.45) is 0 Å². The molecule has 1 N–H and O–H groups in total. The average molecular weight is 371 g/mol. The molecule has 2 aromatic rings. The van der Waals surface area contributed by atoms with E-state index >= 15 is 0 Å². The number of hydrogen-bond acceptors (Lipinski definition) is 3. The summed E-state index contributed by atoms with van der Waals surface area (Å²) in [5.41, 5.74) is 2.21. The average Bonchev–Trinajstić information content (AvgIpc) is 3.05. The summed E-state index contributed by atoms with van der Waals surface area (Å²) in [6.07, 6.45) is 2.98. The first-order valence-corrected chi connectivity index (χ1v) is 9.59. The minimum absolute atomic E-state index is 0.00792. The number of carbonyl (C=O) groups excluding carboxylic acids is 1. The third-order valence-electron chi connectivity index (χ3n) is 5.65. The van der Waals surface area contributed by atoms with Gasteiger partial charge in [0.1, 0.15) is 5.75 Å². The molecule has 2 aromatic carbocycles. The second-order valence-corrected chi connectivity index (χ2v) is 7.61. The van der Waals surface area contributed by atoms with Crippen molar-refractivity contribution in [3.8, 4) is 5.75 Å². The van der Waals surface area contributed by atoms with Gasteiger partial charge in [-0.25, -0.2) is 0 Å². The van der Waals surface area contributed by atoms with Crippen LogP contribution >= 0.6 is 11.6 Å². The standard InChI is InChI=1S/C21H23ClN2O2/c22-17-3-5-18(6-4-17)24-14-11-20(21(24)26)23-12-9-16(10-13-23)15-1-7-19(25)8-2-15/h1-8,16,20,25H,9-14H2/t20-/m1/s1. The molecule has 4 nitrogen and oxygen atoms in total. The van der Waals surface area contributed by atoms with Gasteiger partial charge in [-0.05, 0) is 80.2 Å². The fraction of sp³-hybridized carbons (Fsp3) is 0.381. The molecule has 2 aliphatic rings. The van der Waals surface area contributed by atoms with Crippen LogP contribution in [0.1, 0.15) is 30.7 Å². The van der Waals surface area contributed by atoms with Crippen LogP contribution in [-0.2, 0) is 4.79 Å². The van der Waals surface area contributed by atoms with Crippen LogP contribution < -0.4 is 4.90 Å². The number of anilines is 1. The maximum absolute atomic E-state index is 12.9. The Bertz CT molecular complexity index is 768. The first-order chi connectivity index (χ1) is 12.6. The number of carbonyl (C=O) groups is 1. The van der Waals surface area contributed by atoms with Gasteiger partial charge in [0, 0.05) is 17.3 Å². The maximum Gasteiger partial charge on any atom is 0.244 e. The number of phenolic OH excluding ortho intramolecular Hbond substituents is 1. The zero-order chi connectivity index (χ0) is 18.1. The predicted molar refractivity (Wildman–Crippen MR) is 104 cm³/mol. The molecule has 0 bridgehead atoms. The van der Waals surface area contributed by atoms with Crippen molar-refractivity contribution in [2.75, 3.05) is 24.5 Å². The van der Waals surface area contributed by atoms with Crippen LogP contribution in [0.15, 0.2) is 48.5 Å². The van der Waals surface area contributed by atoms with Gasteiger partial charge in [-0.2, -0.15) is 0 Å². The highest BCUT2D eigenvalue weighted by molar-refractivity contribution is 6.30. The van der Waals surface area contributed by atoms with E-state index in [1.807, 2.05) is 41.3 Å². The largest absolute Gasteiger partial charge is 0.508 e. The van der Waals surface area contributed by atoms with Gasteiger partial charge in [-0.1, -0.05) is 23.7 Å². The molecule has 4 rings (SSSR count). The van der Waals surface area contributed by atoms with Crippen molar-refractivity contribution in [3.63, 3.8) is 0 Å². The first kappa shape index (κ1) is 17.4. The summed E-state index contributed by atoms with van der Waals surface area (Å²) in [4.78, 5) is 17.1. The Balaban J connectivity index is 1.38. The van der Waals surface area contributed by atoms with Gasteiger partial charge < -0.3 is 10.0 Å². The molecule has 0 saturated carbocycles. The summed E-state index contributed by atoms with van der Waals surface area (Å²) in [5, 5.41) is 10.1. The number of aromatic hydroxyl groups is 1. The number of nitrogens with zero attached hydrogens (tertiary/aromatic N) is 2. The van der Waals surface area contributed by atoms with E-state index in [0.717, 1.165) is 44.6 Å².